The molecule has 0 aliphatic heterocycles. The number of aromatic nitrogens is 2. The fourth-order valence-electron chi connectivity index (χ4n) is 1.82. The van der Waals surface area contributed by atoms with Crippen molar-refractivity contribution >= 4 is 0 Å². The van der Waals surface area contributed by atoms with Gasteiger partial charge in [-0.25, -0.2) is 4.98 Å². The third kappa shape index (κ3) is 5.13. The lowest BCUT2D eigenvalue weighted by atomic mass is 10.2. The number of hydrogen-bond donors (Lipinski definition) is 1. The molecule has 0 bridgehead atoms. The summed E-state index contributed by atoms with van der Waals surface area (Å²) >= 11 is 0. The van der Waals surface area contributed by atoms with Crippen molar-refractivity contribution in [3.63, 3.8) is 0 Å². The molecule has 0 saturated carbocycles. The van der Waals surface area contributed by atoms with Crippen molar-refractivity contribution in [2.75, 3.05) is 7.11 Å². The minimum atomic E-state index is 0.405. The zero-order valence-electron chi connectivity index (χ0n) is 12.7. The van der Waals surface area contributed by atoms with Gasteiger partial charge in [-0.2, -0.15) is 0 Å². The molecule has 2 rings (SSSR count). The van der Waals surface area contributed by atoms with Crippen molar-refractivity contribution in [1.29, 1.82) is 0 Å². The molecular weight excluding hydrogens is 266 g/mol. The molecule has 1 heterocycles. The molecule has 0 amide bonds. The first-order chi connectivity index (χ1) is 10.2. The van der Waals surface area contributed by atoms with Crippen molar-refractivity contribution in [3.8, 4) is 11.6 Å². The van der Waals surface area contributed by atoms with Gasteiger partial charge in [-0.1, -0.05) is 26.0 Å². The van der Waals surface area contributed by atoms with E-state index in [0.29, 0.717) is 25.1 Å². The highest BCUT2D eigenvalue weighted by Gasteiger charge is 2.03. The Morgan fingerprint density at radius 1 is 1.24 bits per heavy atom. The fraction of sp³-hybridized carbons (Fsp3) is 0.375. The van der Waals surface area contributed by atoms with Crippen LogP contribution in [0.1, 0.15) is 25.1 Å². The highest BCUT2D eigenvalue weighted by atomic mass is 16.5. The first kappa shape index (κ1) is 15.4. The van der Waals surface area contributed by atoms with Gasteiger partial charge in [0, 0.05) is 25.9 Å². The molecule has 0 atom stereocenters. The first-order valence-electron chi connectivity index (χ1n) is 6.97. The Hall–Kier alpha value is -1.98. The van der Waals surface area contributed by atoms with Crippen molar-refractivity contribution in [2.24, 2.45) is 0 Å². The lowest BCUT2D eigenvalue weighted by Crippen LogP contribution is -2.22. The molecule has 0 aliphatic carbocycles. The molecule has 0 spiro atoms. The largest absolute Gasteiger partial charge is 0.437 e. The number of benzene rings is 1. The zero-order chi connectivity index (χ0) is 15.1. The summed E-state index contributed by atoms with van der Waals surface area (Å²) in [7, 11) is 1.67. The predicted octanol–water partition coefficient (Wildman–Crippen LogP) is 2.91. The summed E-state index contributed by atoms with van der Waals surface area (Å²) in [6, 6.07) is 8.15. The molecule has 1 aromatic carbocycles. The number of hydrogen-bond acceptors (Lipinski definition) is 5. The van der Waals surface area contributed by atoms with Crippen LogP contribution in [0.5, 0.6) is 11.6 Å². The van der Waals surface area contributed by atoms with Gasteiger partial charge >= 0.3 is 0 Å². The van der Waals surface area contributed by atoms with Crippen LogP contribution in [-0.2, 0) is 17.9 Å². The third-order valence-corrected chi connectivity index (χ3v) is 2.79. The maximum absolute atomic E-state index is 5.76. The number of methoxy groups -OCH3 is 1. The van der Waals surface area contributed by atoms with E-state index >= 15 is 0 Å². The van der Waals surface area contributed by atoms with Crippen molar-refractivity contribution < 1.29 is 9.47 Å². The normalized spacial score (nSPS) is 10.9. The Bertz CT molecular complexity index is 573. The summed E-state index contributed by atoms with van der Waals surface area (Å²) in [5.74, 6) is 1.22. The number of nitrogens with zero attached hydrogens (tertiary/aromatic N) is 2. The smallest absolute Gasteiger partial charge is 0.238 e. The van der Waals surface area contributed by atoms with Crippen LogP contribution in [0, 0.1) is 0 Å². The van der Waals surface area contributed by atoms with Crippen molar-refractivity contribution in [1.82, 2.24) is 15.3 Å². The van der Waals surface area contributed by atoms with Gasteiger partial charge in [0.1, 0.15) is 5.75 Å². The van der Waals surface area contributed by atoms with E-state index in [1.807, 2.05) is 24.3 Å². The zero-order valence-corrected chi connectivity index (χ0v) is 12.7. The average molecular weight is 287 g/mol. The quantitative estimate of drug-likeness (QED) is 0.848. The standard InChI is InChI=1S/C16H21N3O2/c1-12(2)18-9-14-8-17-10-16(19-14)21-15-6-4-5-13(7-15)11-20-3/h4-8,10,12,18H,9,11H2,1-3H3. The van der Waals surface area contributed by atoms with Crippen LogP contribution < -0.4 is 10.1 Å². The Morgan fingerprint density at radius 2 is 2.10 bits per heavy atom. The molecule has 0 saturated heterocycles. The molecule has 2 aromatic rings. The Labute approximate surface area is 125 Å². The van der Waals surface area contributed by atoms with E-state index in [1.165, 1.54) is 0 Å². The van der Waals surface area contributed by atoms with Crippen LogP contribution in [-0.4, -0.2) is 23.1 Å². The second-order valence-corrected chi connectivity index (χ2v) is 5.07. The highest BCUT2D eigenvalue weighted by molar-refractivity contribution is 5.31. The maximum atomic E-state index is 5.76. The molecule has 1 N–H and O–H groups in total. The maximum Gasteiger partial charge on any atom is 0.238 e. The van der Waals surface area contributed by atoms with Gasteiger partial charge in [-0.15, -0.1) is 0 Å². The lowest BCUT2D eigenvalue weighted by molar-refractivity contribution is 0.184. The number of ether oxygens (including phenoxy) is 2. The van der Waals surface area contributed by atoms with E-state index in [4.69, 9.17) is 9.47 Å². The second kappa shape index (κ2) is 7.71. The van der Waals surface area contributed by atoms with E-state index in [0.717, 1.165) is 17.0 Å². The summed E-state index contributed by atoms with van der Waals surface area (Å²) in [5, 5.41) is 3.30. The summed E-state index contributed by atoms with van der Waals surface area (Å²) in [6.07, 6.45) is 3.35. The summed E-state index contributed by atoms with van der Waals surface area (Å²) in [4.78, 5) is 8.60. The summed E-state index contributed by atoms with van der Waals surface area (Å²) in [6.45, 7) is 5.41. The molecule has 0 fully saturated rings. The molecule has 0 radical (unpaired) electrons. The molecule has 5 nitrogen and oxygen atoms in total. The molecule has 5 heteroatoms. The summed E-state index contributed by atoms with van der Waals surface area (Å²) < 4.78 is 10.9. The Morgan fingerprint density at radius 3 is 2.86 bits per heavy atom. The van der Waals surface area contributed by atoms with Gasteiger partial charge in [-0.05, 0) is 17.7 Å². The predicted molar refractivity (Wildman–Crippen MR) is 81.2 cm³/mol. The van der Waals surface area contributed by atoms with Crippen LogP contribution in [0.3, 0.4) is 0 Å². The van der Waals surface area contributed by atoms with E-state index in [2.05, 4.69) is 29.1 Å². The molecule has 112 valence electrons. The monoisotopic (exact) mass is 287 g/mol. The third-order valence-electron chi connectivity index (χ3n) is 2.79. The second-order valence-electron chi connectivity index (χ2n) is 5.07. The first-order valence-corrected chi connectivity index (χ1v) is 6.97. The number of rotatable bonds is 7. The van der Waals surface area contributed by atoms with Crippen LogP contribution in [0.2, 0.25) is 0 Å². The van der Waals surface area contributed by atoms with Crippen LogP contribution in [0.25, 0.3) is 0 Å². The SMILES string of the molecule is COCc1cccc(Oc2cncc(CNC(C)C)n2)c1. The topological polar surface area (TPSA) is 56.3 Å². The minimum absolute atomic E-state index is 0.405. The van der Waals surface area contributed by atoms with Crippen LogP contribution in [0.4, 0.5) is 0 Å². The molecule has 0 aliphatic rings. The van der Waals surface area contributed by atoms with Crippen molar-refractivity contribution in [3.05, 3.63) is 47.9 Å². The van der Waals surface area contributed by atoms with Gasteiger partial charge in [-0.3, -0.25) is 4.98 Å². The van der Waals surface area contributed by atoms with Crippen LogP contribution >= 0.6 is 0 Å². The van der Waals surface area contributed by atoms with Gasteiger partial charge < -0.3 is 14.8 Å². The minimum Gasteiger partial charge on any atom is -0.437 e. The highest BCUT2D eigenvalue weighted by Crippen LogP contribution is 2.20. The molecule has 1 aromatic heterocycles. The van der Waals surface area contributed by atoms with Crippen molar-refractivity contribution in [2.45, 2.75) is 33.0 Å². The molecule has 21 heavy (non-hydrogen) atoms. The average Bonchev–Trinajstić information content (AvgIpc) is 2.46. The van der Waals surface area contributed by atoms with Crippen LogP contribution in [0.15, 0.2) is 36.7 Å². The van der Waals surface area contributed by atoms with E-state index in [9.17, 15) is 0 Å². The number of nitrogens with one attached hydrogen (secondary N) is 1. The van der Waals surface area contributed by atoms with E-state index in [-0.39, 0.29) is 0 Å². The lowest BCUT2D eigenvalue weighted by Gasteiger charge is -2.09. The molecular formula is C16H21N3O2. The van der Waals surface area contributed by atoms with Gasteiger partial charge in [0.2, 0.25) is 5.88 Å². The fourth-order valence-corrected chi connectivity index (χ4v) is 1.82. The van der Waals surface area contributed by atoms with Gasteiger partial charge in [0.15, 0.2) is 0 Å². The van der Waals surface area contributed by atoms with E-state index in [1.54, 1.807) is 19.5 Å². The van der Waals surface area contributed by atoms with Gasteiger partial charge in [0.25, 0.3) is 0 Å². The Balaban J connectivity index is 2.05. The Kier molecular flexibility index (Phi) is 5.66. The molecule has 0 unspecified atom stereocenters. The summed E-state index contributed by atoms with van der Waals surface area (Å²) in [5.41, 5.74) is 1.91. The van der Waals surface area contributed by atoms with E-state index < -0.39 is 0 Å². The van der Waals surface area contributed by atoms with Gasteiger partial charge in [0.05, 0.1) is 18.5 Å².